The molecule has 5 nitrogen and oxygen atoms in total. The summed E-state index contributed by atoms with van der Waals surface area (Å²) in [7, 11) is 0. The molecule has 1 aromatic carbocycles. The quantitative estimate of drug-likeness (QED) is 0.794. The van der Waals surface area contributed by atoms with E-state index in [9.17, 15) is 20.1 Å². The lowest BCUT2D eigenvalue weighted by atomic mass is 9.73. The Morgan fingerprint density at radius 1 is 1.28 bits per heavy atom. The normalized spacial score (nSPS) is 25.3. The highest BCUT2D eigenvalue weighted by atomic mass is 16.4. The minimum atomic E-state index is -0.914. The van der Waals surface area contributed by atoms with Gasteiger partial charge >= 0.3 is 5.97 Å². The van der Waals surface area contributed by atoms with Crippen molar-refractivity contribution in [3.05, 3.63) is 47.7 Å². The molecule has 0 bridgehead atoms. The van der Waals surface area contributed by atoms with Crippen LogP contribution in [0.15, 0.2) is 36.4 Å². The smallest absolute Gasteiger partial charge is 0.313 e. The van der Waals surface area contributed by atoms with Gasteiger partial charge in [-0.2, -0.15) is 0 Å². The monoisotopic (exact) mass is 341 g/mol. The van der Waals surface area contributed by atoms with E-state index >= 15 is 0 Å². The van der Waals surface area contributed by atoms with Gasteiger partial charge in [-0.15, -0.1) is 0 Å². The van der Waals surface area contributed by atoms with E-state index in [2.05, 4.69) is 4.98 Å². The fraction of sp³-hybridized carbons (Fsp3) is 0.400. The van der Waals surface area contributed by atoms with Crippen LogP contribution in [0.2, 0.25) is 0 Å². The van der Waals surface area contributed by atoms with Crippen LogP contribution in [0.4, 0.5) is 0 Å². The molecule has 0 spiro atoms. The van der Waals surface area contributed by atoms with Gasteiger partial charge in [-0.3, -0.25) is 9.78 Å². The van der Waals surface area contributed by atoms with Gasteiger partial charge in [0.2, 0.25) is 0 Å². The summed E-state index contributed by atoms with van der Waals surface area (Å²) in [6, 6.07) is 9.47. The van der Waals surface area contributed by atoms with Crippen LogP contribution in [0, 0.1) is 5.41 Å². The van der Waals surface area contributed by atoms with Crippen LogP contribution < -0.4 is 0 Å². The number of carbonyl (C=O) groups is 1. The Balaban J connectivity index is 1.90. The molecule has 0 aliphatic heterocycles. The highest BCUT2D eigenvalue weighted by Gasteiger charge is 2.39. The van der Waals surface area contributed by atoms with Crippen molar-refractivity contribution in [3.8, 4) is 0 Å². The van der Waals surface area contributed by atoms with Crippen LogP contribution in [0.1, 0.15) is 50.0 Å². The van der Waals surface area contributed by atoms with Crippen molar-refractivity contribution in [3.63, 3.8) is 0 Å². The van der Waals surface area contributed by atoms with E-state index in [1.54, 1.807) is 19.1 Å². The van der Waals surface area contributed by atoms with E-state index in [0.717, 1.165) is 16.5 Å². The predicted octanol–water partition coefficient (Wildman–Crippen LogP) is 3.31. The lowest BCUT2D eigenvalue weighted by Gasteiger charge is -2.32. The summed E-state index contributed by atoms with van der Waals surface area (Å²) in [5, 5.41) is 29.9. The molecule has 132 valence electrons. The van der Waals surface area contributed by atoms with Crippen LogP contribution >= 0.6 is 0 Å². The topological polar surface area (TPSA) is 90.7 Å². The molecule has 1 heterocycles. The molecule has 1 saturated carbocycles. The Bertz CT molecular complexity index is 804. The summed E-state index contributed by atoms with van der Waals surface area (Å²) in [5.74, 6) is -0.842. The van der Waals surface area contributed by atoms with Gasteiger partial charge in [0.05, 0.1) is 28.8 Å². The number of benzene rings is 1. The van der Waals surface area contributed by atoms with Gasteiger partial charge in [-0.25, -0.2) is 0 Å². The summed E-state index contributed by atoms with van der Waals surface area (Å²) in [6.07, 6.45) is 4.44. The number of hydrogen-bond acceptors (Lipinski definition) is 4. The molecule has 1 fully saturated rings. The molecule has 2 aromatic rings. The summed E-state index contributed by atoms with van der Waals surface area (Å²) < 4.78 is 0. The third-order valence-corrected chi connectivity index (χ3v) is 5.03. The first-order valence-corrected chi connectivity index (χ1v) is 8.59. The van der Waals surface area contributed by atoms with Crippen molar-refractivity contribution >= 4 is 22.9 Å². The fourth-order valence-corrected chi connectivity index (χ4v) is 3.31. The number of aliphatic carboxylic acids is 1. The second-order valence-electron chi connectivity index (χ2n) is 6.89. The van der Waals surface area contributed by atoms with E-state index < -0.39 is 23.6 Å². The first kappa shape index (κ1) is 17.6. The first-order valence-electron chi connectivity index (χ1n) is 8.59. The number of nitrogens with zero attached hydrogens (tertiary/aromatic N) is 1. The molecule has 1 aliphatic rings. The summed E-state index contributed by atoms with van der Waals surface area (Å²) in [5.41, 5.74) is 1.33. The van der Waals surface area contributed by atoms with Crippen LogP contribution in [0.3, 0.4) is 0 Å². The third-order valence-electron chi connectivity index (χ3n) is 5.03. The number of fused-ring (bicyclic) bond motifs is 1. The minimum absolute atomic E-state index is 0.398. The molecule has 0 amide bonds. The van der Waals surface area contributed by atoms with Gasteiger partial charge in [0.15, 0.2) is 0 Å². The molecular formula is C20H23NO4. The van der Waals surface area contributed by atoms with Crippen molar-refractivity contribution in [2.24, 2.45) is 5.41 Å². The number of rotatable bonds is 4. The fourth-order valence-electron chi connectivity index (χ4n) is 3.31. The molecule has 1 aliphatic carbocycles. The number of carboxylic acid groups (broad SMARTS) is 1. The maximum absolute atomic E-state index is 11.8. The van der Waals surface area contributed by atoms with Gasteiger partial charge in [0.25, 0.3) is 0 Å². The molecule has 5 heteroatoms. The highest BCUT2D eigenvalue weighted by Crippen LogP contribution is 2.38. The number of carboxylic acids is 1. The molecule has 0 unspecified atom stereocenters. The van der Waals surface area contributed by atoms with Crippen molar-refractivity contribution in [2.75, 3.05) is 0 Å². The van der Waals surface area contributed by atoms with E-state index in [1.807, 2.05) is 30.3 Å². The number of aliphatic hydroxyl groups is 2. The van der Waals surface area contributed by atoms with E-state index in [-0.39, 0.29) is 0 Å². The predicted molar refractivity (Wildman–Crippen MR) is 96.0 cm³/mol. The minimum Gasteiger partial charge on any atom is -0.481 e. The standard InChI is InChI=1S/C20H23NO4/c1-13(22)17-5-4-15-3-2-14(12-18(15)21-17)6-9-20(19(24)25)10-7-16(23)8-11-20/h2-6,9,12-13,16,22-23H,7-8,10-11H2,1H3,(H,24,25)/b9-6+/t13-,16?,20?/m1/s1. The average molecular weight is 341 g/mol. The van der Waals surface area contributed by atoms with Crippen LogP contribution in [0.5, 0.6) is 0 Å². The van der Waals surface area contributed by atoms with Crippen LogP contribution in [-0.2, 0) is 4.79 Å². The molecule has 0 radical (unpaired) electrons. The SMILES string of the molecule is C[C@@H](O)c1ccc2ccc(/C=C/C3(C(=O)O)CCC(O)CC3)cc2n1. The molecular weight excluding hydrogens is 318 g/mol. The van der Waals surface area contributed by atoms with Crippen LogP contribution in [-0.4, -0.2) is 32.4 Å². The average Bonchev–Trinajstić information content (AvgIpc) is 2.60. The van der Waals surface area contributed by atoms with Crippen molar-refractivity contribution in [2.45, 2.75) is 44.8 Å². The van der Waals surface area contributed by atoms with Gasteiger partial charge in [0.1, 0.15) is 0 Å². The zero-order valence-electron chi connectivity index (χ0n) is 14.2. The van der Waals surface area contributed by atoms with E-state index in [0.29, 0.717) is 31.4 Å². The molecule has 1 atom stereocenters. The lowest BCUT2D eigenvalue weighted by molar-refractivity contribution is -0.148. The second kappa shape index (κ2) is 6.94. The largest absolute Gasteiger partial charge is 0.481 e. The number of aliphatic hydroxyl groups excluding tert-OH is 2. The number of pyridine rings is 1. The summed E-state index contributed by atoms with van der Waals surface area (Å²) in [6.45, 7) is 1.67. The molecule has 0 saturated heterocycles. The lowest BCUT2D eigenvalue weighted by Crippen LogP contribution is -2.35. The highest BCUT2D eigenvalue weighted by molar-refractivity contribution is 5.82. The Hall–Kier alpha value is -2.24. The zero-order valence-corrected chi connectivity index (χ0v) is 14.2. The van der Waals surface area contributed by atoms with Gasteiger partial charge in [0, 0.05) is 5.39 Å². The van der Waals surface area contributed by atoms with E-state index in [1.165, 1.54) is 0 Å². The Labute approximate surface area is 146 Å². The first-order chi connectivity index (χ1) is 11.9. The summed E-state index contributed by atoms with van der Waals surface area (Å²) >= 11 is 0. The Morgan fingerprint density at radius 3 is 2.60 bits per heavy atom. The number of aromatic nitrogens is 1. The summed E-state index contributed by atoms with van der Waals surface area (Å²) in [4.78, 5) is 16.2. The Morgan fingerprint density at radius 2 is 1.96 bits per heavy atom. The third kappa shape index (κ3) is 3.72. The number of hydrogen-bond donors (Lipinski definition) is 3. The molecule has 25 heavy (non-hydrogen) atoms. The van der Waals surface area contributed by atoms with E-state index in [4.69, 9.17) is 0 Å². The molecule has 3 rings (SSSR count). The maximum atomic E-state index is 11.8. The van der Waals surface area contributed by atoms with Gasteiger partial charge in [-0.05, 0) is 50.3 Å². The van der Waals surface area contributed by atoms with Gasteiger partial charge in [-0.1, -0.05) is 30.4 Å². The van der Waals surface area contributed by atoms with Crippen molar-refractivity contribution < 1.29 is 20.1 Å². The van der Waals surface area contributed by atoms with Gasteiger partial charge < -0.3 is 15.3 Å². The van der Waals surface area contributed by atoms with Crippen molar-refractivity contribution in [1.82, 2.24) is 4.98 Å². The molecule has 3 N–H and O–H groups in total. The zero-order chi connectivity index (χ0) is 18.0. The maximum Gasteiger partial charge on any atom is 0.313 e. The Kier molecular flexibility index (Phi) is 4.88. The van der Waals surface area contributed by atoms with Crippen molar-refractivity contribution in [1.29, 1.82) is 0 Å². The molecule has 1 aromatic heterocycles. The second-order valence-corrected chi connectivity index (χ2v) is 6.89. The van der Waals surface area contributed by atoms with Crippen LogP contribution in [0.25, 0.3) is 17.0 Å².